The highest BCUT2D eigenvalue weighted by Gasteiger charge is 2.00. The molecule has 0 aliphatic rings. The van der Waals surface area contributed by atoms with Gasteiger partial charge in [-0.3, -0.25) is 0 Å². The van der Waals surface area contributed by atoms with Crippen molar-refractivity contribution >= 4 is 67.4 Å². The number of anilines is 1. The van der Waals surface area contributed by atoms with E-state index in [4.69, 9.17) is 23.2 Å². The summed E-state index contributed by atoms with van der Waals surface area (Å²) in [6, 6.07) is 6.01. The molecule has 5 heteroatoms. The third kappa shape index (κ3) is 3.96. The van der Waals surface area contributed by atoms with Crippen LogP contribution in [0.25, 0.3) is 0 Å². The maximum atomic E-state index is 5.76. The molecule has 1 aromatic rings. The summed E-state index contributed by atoms with van der Waals surface area (Å²) in [6.45, 7) is 0.539. The fourth-order valence-corrected chi connectivity index (χ4v) is 1.88. The van der Waals surface area contributed by atoms with Crippen molar-refractivity contribution in [2.24, 2.45) is 0 Å². The van der Waals surface area contributed by atoms with Gasteiger partial charge in [-0.15, -0.1) is 0 Å². The van der Waals surface area contributed by atoms with Crippen LogP contribution < -0.4 is 5.32 Å². The molecule has 0 saturated carbocycles. The predicted molar refractivity (Wildman–Crippen MR) is 75.1 cm³/mol. The maximum absolute atomic E-state index is 5.76. The van der Waals surface area contributed by atoms with Gasteiger partial charge in [-0.25, -0.2) is 0 Å². The fourth-order valence-electron chi connectivity index (χ4n) is 0.851. The first kappa shape index (κ1) is 12.6. The van der Waals surface area contributed by atoms with Gasteiger partial charge in [0, 0.05) is 24.3 Å². The van der Waals surface area contributed by atoms with E-state index in [-0.39, 0.29) is 0 Å². The van der Waals surface area contributed by atoms with Gasteiger partial charge in [-0.2, -0.15) is 0 Å². The molecule has 0 aliphatic heterocycles. The zero-order valence-corrected chi connectivity index (χ0v) is 12.3. The molecule has 1 nitrogen and oxygen atoms in total. The minimum absolute atomic E-state index is 0.539. The molecule has 0 heterocycles. The molecule has 1 aromatic carbocycles. The molecule has 0 aliphatic carbocycles. The molecule has 0 fully saturated rings. The number of benzene rings is 1. The number of rotatable bonds is 3. The molecular weight excluding hydrogens is 400 g/mol. The standard InChI is InChI=1S/C9H7BrCl2IN/c10-6-1-2-8(13)9(3-6)14-5-7(12)4-11/h1-4,14H,5H2/b7-4+. The van der Waals surface area contributed by atoms with Gasteiger partial charge in [-0.1, -0.05) is 39.1 Å². The van der Waals surface area contributed by atoms with Crippen LogP contribution in [0, 0.1) is 3.57 Å². The molecule has 0 aromatic heterocycles. The molecule has 0 spiro atoms. The number of halogens is 4. The fraction of sp³-hybridized carbons (Fsp3) is 0.111. The average molecular weight is 407 g/mol. The first-order valence-electron chi connectivity index (χ1n) is 3.77. The lowest BCUT2D eigenvalue weighted by Gasteiger charge is -2.07. The summed E-state index contributed by atoms with van der Waals surface area (Å²) in [5.74, 6) is 0. The minimum atomic E-state index is 0.539. The van der Waals surface area contributed by atoms with E-state index in [0.29, 0.717) is 11.6 Å². The normalized spacial score (nSPS) is 11.6. The van der Waals surface area contributed by atoms with Crippen LogP contribution in [0.1, 0.15) is 0 Å². The Morgan fingerprint density at radius 1 is 1.57 bits per heavy atom. The van der Waals surface area contributed by atoms with Crippen molar-refractivity contribution < 1.29 is 0 Å². The molecule has 0 saturated heterocycles. The Hall–Kier alpha value is 0.550. The zero-order chi connectivity index (χ0) is 10.6. The van der Waals surface area contributed by atoms with Gasteiger partial charge in [0.2, 0.25) is 0 Å². The highest BCUT2D eigenvalue weighted by molar-refractivity contribution is 14.1. The van der Waals surface area contributed by atoms with E-state index in [1.807, 2.05) is 18.2 Å². The lowest BCUT2D eigenvalue weighted by Crippen LogP contribution is -2.02. The van der Waals surface area contributed by atoms with Crippen LogP contribution in [-0.2, 0) is 0 Å². The summed E-state index contributed by atoms with van der Waals surface area (Å²) >= 11 is 16.9. The predicted octanol–water partition coefficient (Wildman–Crippen LogP) is 4.78. The summed E-state index contributed by atoms with van der Waals surface area (Å²) < 4.78 is 2.18. The first-order chi connectivity index (χ1) is 6.63. The topological polar surface area (TPSA) is 12.0 Å². The monoisotopic (exact) mass is 405 g/mol. The van der Waals surface area contributed by atoms with E-state index >= 15 is 0 Å². The molecular formula is C9H7BrCl2IN. The van der Waals surface area contributed by atoms with Gasteiger partial charge < -0.3 is 5.32 Å². The summed E-state index contributed by atoms with van der Waals surface area (Å²) in [5, 5.41) is 3.77. The molecule has 0 amide bonds. The molecule has 14 heavy (non-hydrogen) atoms. The Bertz CT molecular complexity index is 355. The smallest absolute Gasteiger partial charge is 0.0517 e. The van der Waals surface area contributed by atoms with Gasteiger partial charge in [0.15, 0.2) is 0 Å². The molecule has 0 bridgehead atoms. The van der Waals surface area contributed by atoms with E-state index in [0.717, 1.165) is 13.7 Å². The maximum Gasteiger partial charge on any atom is 0.0517 e. The molecule has 0 radical (unpaired) electrons. The van der Waals surface area contributed by atoms with Gasteiger partial charge in [-0.05, 0) is 40.8 Å². The van der Waals surface area contributed by atoms with E-state index in [1.165, 1.54) is 5.54 Å². The van der Waals surface area contributed by atoms with Crippen molar-refractivity contribution in [3.05, 3.63) is 36.8 Å². The third-order valence-corrected chi connectivity index (χ3v) is 3.55. The van der Waals surface area contributed by atoms with Crippen molar-refractivity contribution in [2.45, 2.75) is 0 Å². The van der Waals surface area contributed by atoms with Crippen molar-refractivity contribution in [3.8, 4) is 0 Å². The summed E-state index contributed by atoms with van der Waals surface area (Å²) in [4.78, 5) is 0. The van der Waals surface area contributed by atoms with Crippen molar-refractivity contribution in [3.63, 3.8) is 0 Å². The Labute approximate surface area is 115 Å². The van der Waals surface area contributed by atoms with Gasteiger partial charge >= 0.3 is 0 Å². The highest BCUT2D eigenvalue weighted by atomic mass is 127. The van der Waals surface area contributed by atoms with Crippen LogP contribution in [-0.4, -0.2) is 6.54 Å². The van der Waals surface area contributed by atoms with Crippen molar-refractivity contribution in [1.29, 1.82) is 0 Å². The third-order valence-electron chi connectivity index (χ3n) is 1.49. The minimum Gasteiger partial charge on any atom is -0.379 e. The van der Waals surface area contributed by atoms with Crippen LogP contribution in [0.4, 0.5) is 5.69 Å². The van der Waals surface area contributed by atoms with Crippen LogP contribution >= 0.6 is 61.7 Å². The van der Waals surface area contributed by atoms with E-state index in [9.17, 15) is 0 Å². The van der Waals surface area contributed by atoms with E-state index in [1.54, 1.807) is 0 Å². The summed E-state index contributed by atoms with van der Waals surface area (Å²) in [6.07, 6.45) is 0. The molecule has 1 rings (SSSR count). The Balaban J connectivity index is 2.71. The van der Waals surface area contributed by atoms with E-state index in [2.05, 4.69) is 43.8 Å². The number of hydrogen-bond donors (Lipinski definition) is 1. The van der Waals surface area contributed by atoms with E-state index < -0.39 is 0 Å². The first-order valence-corrected chi connectivity index (χ1v) is 6.46. The largest absolute Gasteiger partial charge is 0.379 e. The van der Waals surface area contributed by atoms with Crippen LogP contribution in [0.3, 0.4) is 0 Å². The second kappa shape index (κ2) is 6.20. The quantitative estimate of drug-likeness (QED) is 0.712. The summed E-state index contributed by atoms with van der Waals surface area (Å²) in [7, 11) is 0. The lowest BCUT2D eigenvalue weighted by atomic mass is 10.3. The second-order valence-corrected chi connectivity index (χ2v) is 5.32. The van der Waals surface area contributed by atoms with Gasteiger partial charge in [0.05, 0.1) is 6.54 Å². The Morgan fingerprint density at radius 2 is 2.29 bits per heavy atom. The van der Waals surface area contributed by atoms with Gasteiger partial charge in [0.25, 0.3) is 0 Å². The number of hydrogen-bond acceptors (Lipinski definition) is 1. The average Bonchev–Trinajstić information content (AvgIpc) is 2.19. The molecule has 0 atom stereocenters. The Morgan fingerprint density at radius 3 is 2.93 bits per heavy atom. The van der Waals surface area contributed by atoms with Crippen molar-refractivity contribution in [2.75, 3.05) is 11.9 Å². The van der Waals surface area contributed by atoms with Crippen LogP contribution in [0.15, 0.2) is 33.2 Å². The van der Waals surface area contributed by atoms with Crippen LogP contribution in [0.5, 0.6) is 0 Å². The van der Waals surface area contributed by atoms with Gasteiger partial charge in [0.1, 0.15) is 0 Å². The summed E-state index contributed by atoms with van der Waals surface area (Å²) in [5.41, 5.74) is 2.40. The SMILES string of the molecule is Cl/C=C(/Cl)CNc1cc(Br)ccc1I. The molecule has 1 N–H and O–H groups in total. The van der Waals surface area contributed by atoms with Crippen molar-refractivity contribution in [1.82, 2.24) is 0 Å². The molecule has 0 unspecified atom stereocenters. The zero-order valence-electron chi connectivity index (χ0n) is 7.03. The Kier molecular flexibility index (Phi) is 5.59. The molecule has 76 valence electrons. The lowest BCUT2D eigenvalue weighted by molar-refractivity contribution is 1.30. The second-order valence-electron chi connectivity index (χ2n) is 2.53. The highest BCUT2D eigenvalue weighted by Crippen LogP contribution is 2.23. The number of nitrogens with one attached hydrogen (secondary N) is 1. The van der Waals surface area contributed by atoms with Crippen LogP contribution in [0.2, 0.25) is 0 Å².